The van der Waals surface area contributed by atoms with Crippen LogP contribution in [0.4, 0.5) is 0 Å². The van der Waals surface area contributed by atoms with E-state index < -0.39 is 0 Å². The van der Waals surface area contributed by atoms with E-state index in [0.29, 0.717) is 17.5 Å². The van der Waals surface area contributed by atoms with E-state index in [-0.39, 0.29) is 5.56 Å². The average Bonchev–Trinajstić information content (AvgIpc) is 3.37. The molecule has 1 aliphatic rings. The minimum absolute atomic E-state index is 0.111. The maximum atomic E-state index is 12.8. The van der Waals surface area contributed by atoms with E-state index in [1.165, 1.54) is 12.8 Å². The molecule has 0 saturated carbocycles. The second-order valence-electron chi connectivity index (χ2n) is 8.33. The van der Waals surface area contributed by atoms with Crippen molar-refractivity contribution < 1.29 is 4.74 Å². The largest absolute Gasteiger partial charge is 0.476 e. The SMILES string of the molecule is O=c1cc(C=Cc2ccc(Cl)cn2)ccn1-c1ccc2nc(OCCN3CCCC3)ccc2c1. The molecule has 1 fully saturated rings. The molecule has 0 amide bonds. The van der Waals surface area contributed by atoms with Crippen LogP contribution in [0, 0.1) is 0 Å². The summed E-state index contributed by atoms with van der Waals surface area (Å²) >= 11 is 5.87. The smallest absolute Gasteiger partial charge is 0.255 e. The first kappa shape index (κ1) is 22.3. The van der Waals surface area contributed by atoms with Gasteiger partial charge in [0.25, 0.3) is 5.56 Å². The molecule has 4 heterocycles. The highest BCUT2D eigenvalue weighted by Crippen LogP contribution is 2.20. The first-order chi connectivity index (χ1) is 16.6. The molecule has 3 aromatic heterocycles. The number of pyridine rings is 3. The Balaban J connectivity index is 1.29. The third-order valence-corrected chi connectivity index (χ3v) is 6.15. The van der Waals surface area contributed by atoms with Crippen LogP contribution in [0.5, 0.6) is 5.88 Å². The Morgan fingerprint density at radius 1 is 1.00 bits per heavy atom. The van der Waals surface area contributed by atoms with Gasteiger partial charge in [0.1, 0.15) is 6.61 Å². The molecular weight excluding hydrogens is 448 g/mol. The summed E-state index contributed by atoms with van der Waals surface area (Å²) in [5.74, 6) is 0.628. The maximum absolute atomic E-state index is 12.8. The highest BCUT2D eigenvalue weighted by Gasteiger charge is 2.11. The second kappa shape index (κ2) is 10.2. The zero-order valence-electron chi connectivity index (χ0n) is 18.7. The van der Waals surface area contributed by atoms with Gasteiger partial charge in [-0.15, -0.1) is 0 Å². The van der Waals surface area contributed by atoms with Crippen molar-refractivity contribution in [2.24, 2.45) is 0 Å². The Bertz CT molecular complexity index is 1380. The number of aromatic nitrogens is 3. The van der Waals surface area contributed by atoms with Crippen molar-refractivity contribution in [3.05, 3.63) is 93.6 Å². The normalized spacial score (nSPS) is 14.3. The lowest BCUT2D eigenvalue weighted by molar-refractivity contribution is 0.232. The van der Waals surface area contributed by atoms with Crippen LogP contribution in [0.15, 0.2) is 71.8 Å². The van der Waals surface area contributed by atoms with Crippen LogP contribution in [-0.2, 0) is 0 Å². The van der Waals surface area contributed by atoms with E-state index in [4.69, 9.17) is 16.3 Å². The zero-order chi connectivity index (χ0) is 23.3. The second-order valence-corrected chi connectivity index (χ2v) is 8.76. The Hall–Kier alpha value is -3.48. The first-order valence-corrected chi connectivity index (χ1v) is 11.8. The molecule has 0 bridgehead atoms. The number of ether oxygens (including phenoxy) is 1. The predicted octanol–water partition coefficient (Wildman–Crippen LogP) is 5.08. The van der Waals surface area contributed by atoms with E-state index in [2.05, 4.69) is 14.9 Å². The number of hydrogen-bond acceptors (Lipinski definition) is 5. The van der Waals surface area contributed by atoms with Crippen molar-refractivity contribution in [2.75, 3.05) is 26.2 Å². The molecule has 7 heteroatoms. The van der Waals surface area contributed by atoms with E-state index >= 15 is 0 Å². The van der Waals surface area contributed by atoms with Gasteiger partial charge in [-0.05, 0) is 80.0 Å². The summed E-state index contributed by atoms with van der Waals surface area (Å²) in [6.07, 6.45) is 9.64. The zero-order valence-corrected chi connectivity index (χ0v) is 19.5. The third-order valence-electron chi connectivity index (χ3n) is 5.92. The molecule has 34 heavy (non-hydrogen) atoms. The molecule has 0 spiro atoms. The van der Waals surface area contributed by atoms with Gasteiger partial charge in [0.15, 0.2) is 0 Å². The molecule has 1 aliphatic heterocycles. The van der Waals surface area contributed by atoms with Gasteiger partial charge in [0, 0.05) is 42.1 Å². The van der Waals surface area contributed by atoms with E-state index in [0.717, 1.165) is 47.5 Å². The summed E-state index contributed by atoms with van der Waals surface area (Å²) in [5, 5.41) is 1.54. The number of rotatable bonds is 7. The lowest BCUT2D eigenvalue weighted by atomic mass is 10.2. The summed E-state index contributed by atoms with van der Waals surface area (Å²) in [5.41, 5.74) is 3.09. The Labute approximate surface area is 203 Å². The molecule has 172 valence electrons. The number of fused-ring (bicyclic) bond motifs is 1. The van der Waals surface area contributed by atoms with Crippen LogP contribution in [0.1, 0.15) is 24.1 Å². The Morgan fingerprint density at radius 2 is 1.88 bits per heavy atom. The quantitative estimate of drug-likeness (QED) is 0.375. The van der Waals surface area contributed by atoms with E-state index in [1.807, 2.05) is 54.6 Å². The summed E-state index contributed by atoms with van der Waals surface area (Å²) < 4.78 is 7.48. The van der Waals surface area contributed by atoms with Crippen LogP contribution in [0.3, 0.4) is 0 Å². The van der Waals surface area contributed by atoms with Crippen LogP contribution >= 0.6 is 11.6 Å². The number of likely N-dealkylation sites (tertiary alicyclic amines) is 1. The number of halogens is 1. The molecular formula is C27H25ClN4O2. The van der Waals surface area contributed by atoms with E-state index in [9.17, 15) is 4.79 Å². The fourth-order valence-corrected chi connectivity index (χ4v) is 4.20. The molecule has 0 radical (unpaired) electrons. The highest BCUT2D eigenvalue weighted by molar-refractivity contribution is 6.30. The molecule has 1 saturated heterocycles. The minimum atomic E-state index is -0.111. The van der Waals surface area contributed by atoms with Gasteiger partial charge in [-0.2, -0.15) is 0 Å². The number of nitrogens with zero attached hydrogens (tertiary/aromatic N) is 4. The van der Waals surface area contributed by atoms with Gasteiger partial charge < -0.3 is 4.74 Å². The highest BCUT2D eigenvalue weighted by atomic mass is 35.5. The van der Waals surface area contributed by atoms with Crippen LogP contribution < -0.4 is 10.3 Å². The molecule has 0 N–H and O–H groups in total. The molecule has 0 unspecified atom stereocenters. The Morgan fingerprint density at radius 3 is 2.68 bits per heavy atom. The summed E-state index contributed by atoms with van der Waals surface area (Å²) in [6.45, 7) is 3.89. The molecule has 0 atom stereocenters. The summed E-state index contributed by atoms with van der Waals surface area (Å²) in [6, 6.07) is 16.8. The fraction of sp³-hybridized carbons (Fsp3) is 0.222. The monoisotopic (exact) mass is 472 g/mol. The lowest BCUT2D eigenvalue weighted by Crippen LogP contribution is -2.25. The van der Waals surface area contributed by atoms with Gasteiger partial charge >= 0.3 is 0 Å². The predicted molar refractivity (Wildman–Crippen MR) is 137 cm³/mol. The van der Waals surface area contributed by atoms with Gasteiger partial charge in [0.2, 0.25) is 5.88 Å². The molecule has 4 aromatic rings. The van der Waals surface area contributed by atoms with Crippen molar-refractivity contribution in [2.45, 2.75) is 12.8 Å². The maximum Gasteiger partial charge on any atom is 0.255 e. The first-order valence-electron chi connectivity index (χ1n) is 11.4. The van der Waals surface area contributed by atoms with E-state index in [1.54, 1.807) is 29.1 Å². The van der Waals surface area contributed by atoms with Crippen LogP contribution in [0.25, 0.3) is 28.7 Å². The van der Waals surface area contributed by atoms with Crippen LogP contribution in [-0.4, -0.2) is 45.7 Å². The summed E-state index contributed by atoms with van der Waals surface area (Å²) in [4.78, 5) is 24.0. The van der Waals surface area contributed by atoms with Gasteiger partial charge in [0.05, 0.1) is 16.2 Å². The molecule has 5 rings (SSSR count). The van der Waals surface area contributed by atoms with Crippen molar-refractivity contribution in [3.63, 3.8) is 0 Å². The minimum Gasteiger partial charge on any atom is -0.476 e. The fourth-order valence-electron chi connectivity index (χ4n) is 4.09. The van der Waals surface area contributed by atoms with Crippen LogP contribution in [0.2, 0.25) is 5.02 Å². The van der Waals surface area contributed by atoms with Crippen molar-refractivity contribution in [1.29, 1.82) is 0 Å². The van der Waals surface area contributed by atoms with Crippen molar-refractivity contribution in [1.82, 2.24) is 19.4 Å². The number of hydrogen-bond donors (Lipinski definition) is 0. The van der Waals surface area contributed by atoms with Gasteiger partial charge in [-0.3, -0.25) is 19.2 Å². The Kier molecular flexibility index (Phi) is 6.70. The standard InChI is InChI=1S/C27H25ClN4O2/c28-22-5-7-23(29-19-22)6-3-20-11-14-32(27(33)17-20)24-8-9-25-21(18-24)4-10-26(30-25)34-16-15-31-12-1-2-13-31/h3-11,14,17-19H,1-2,12-13,15-16H2. The molecule has 6 nitrogen and oxygen atoms in total. The summed E-state index contributed by atoms with van der Waals surface area (Å²) in [7, 11) is 0. The number of benzene rings is 1. The molecule has 0 aliphatic carbocycles. The average molecular weight is 473 g/mol. The van der Waals surface area contributed by atoms with Gasteiger partial charge in [-0.1, -0.05) is 17.7 Å². The van der Waals surface area contributed by atoms with Crippen molar-refractivity contribution in [3.8, 4) is 11.6 Å². The topological polar surface area (TPSA) is 60.3 Å². The third kappa shape index (κ3) is 5.35. The van der Waals surface area contributed by atoms with Crippen molar-refractivity contribution >= 4 is 34.7 Å². The molecule has 1 aromatic carbocycles. The van der Waals surface area contributed by atoms with Gasteiger partial charge in [-0.25, -0.2) is 4.98 Å². The lowest BCUT2D eigenvalue weighted by Gasteiger charge is -2.14.